The number of aromatic nitrogens is 2. The van der Waals surface area contributed by atoms with Crippen LogP contribution < -0.4 is 5.56 Å². The molecule has 102 valence electrons. The highest BCUT2D eigenvalue weighted by Gasteiger charge is 2.10. The third-order valence-electron chi connectivity index (χ3n) is 2.92. The van der Waals surface area contributed by atoms with Crippen LogP contribution in [0.5, 0.6) is 0 Å². The maximum atomic E-state index is 12.0. The molecule has 5 nitrogen and oxygen atoms in total. The molecule has 2 aromatic rings. The van der Waals surface area contributed by atoms with Gasteiger partial charge in [-0.05, 0) is 25.1 Å². The Kier molecular flexibility index (Phi) is 3.79. The van der Waals surface area contributed by atoms with Gasteiger partial charge in [-0.1, -0.05) is 18.7 Å². The molecule has 1 aromatic heterocycles. The lowest BCUT2D eigenvalue weighted by atomic mass is 10.1. The fourth-order valence-corrected chi connectivity index (χ4v) is 1.88. The van der Waals surface area contributed by atoms with Crippen molar-refractivity contribution in [2.24, 2.45) is 0 Å². The van der Waals surface area contributed by atoms with Crippen molar-refractivity contribution in [2.45, 2.75) is 6.92 Å². The smallest absolute Gasteiger partial charge is 0.337 e. The molecule has 0 aliphatic rings. The van der Waals surface area contributed by atoms with Crippen LogP contribution in [-0.2, 0) is 4.74 Å². The molecule has 0 aliphatic carbocycles. The van der Waals surface area contributed by atoms with Crippen molar-refractivity contribution in [1.82, 2.24) is 9.97 Å². The number of aromatic amines is 1. The number of nitrogens with zero attached hydrogens (tertiary/aromatic N) is 1. The molecule has 0 aliphatic heterocycles. The van der Waals surface area contributed by atoms with Gasteiger partial charge in [0.1, 0.15) is 5.69 Å². The molecular weight excluding hydrogens is 256 g/mol. The Hall–Kier alpha value is -2.69. The Labute approximate surface area is 115 Å². The van der Waals surface area contributed by atoms with Gasteiger partial charge in [-0.2, -0.15) is 0 Å². The molecule has 0 amide bonds. The second-order valence-electron chi connectivity index (χ2n) is 4.09. The number of ether oxygens (including phenoxy) is 1. The number of esters is 1. The number of nitrogens with one attached hydrogen (secondary N) is 1. The lowest BCUT2D eigenvalue weighted by Crippen LogP contribution is -2.14. The number of methoxy groups -OCH3 is 1. The Balaban J connectivity index is 2.66. The Morgan fingerprint density at radius 2 is 2.20 bits per heavy atom. The van der Waals surface area contributed by atoms with E-state index in [4.69, 9.17) is 0 Å². The Bertz CT molecular complexity index is 772. The third kappa shape index (κ3) is 2.38. The highest BCUT2D eigenvalue weighted by Crippen LogP contribution is 2.15. The number of hydrogen-bond acceptors (Lipinski definition) is 4. The standard InChI is InChI=1S/C15H14N2O3/c1-4-9(5-2)13-14(18)17-12-8-10(15(19)20-3)6-7-11(12)16-13/h4-8H,1H2,2-3H3,(H,17,18)/b9-5+. The summed E-state index contributed by atoms with van der Waals surface area (Å²) in [7, 11) is 1.30. The summed E-state index contributed by atoms with van der Waals surface area (Å²) >= 11 is 0. The van der Waals surface area contributed by atoms with E-state index in [1.165, 1.54) is 7.11 Å². The van der Waals surface area contributed by atoms with E-state index in [0.717, 1.165) is 0 Å². The van der Waals surface area contributed by atoms with Gasteiger partial charge in [0.05, 0.1) is 23.7 Å². The van der Waals surface area contributed by atoms with Gasteiger partial charge in [0.15, 0.2) is 0 Å². The lowest BCUT2D eigenvalue weighted by molar-refractivity contribution is 0.0601. The van der Waals surface area contributed by atoms with Gasteiger partial charge in [-0.25, -0.2) is 9.78 Å². The predicted octanol–water partition coefficient (Wildman–Crippen LogP) is 2.30. The zero-order valence-electron chi connectivity index (χ0n) is 11.3. The summed E-state index contributed by atoms with van der Waals surface area (Å²) in [4.78, 5) is 30.5. The number of benzene rings is 1. The second-order valence-corrected chi connectivity index (χ2v) is 4.09. The summed E-state index contributed by atoms with van der Waals surface area (Å²) < 4.78 is 4.64. The molecule has 20 heavy (non-hydrogen) atoms. The maximum absolute atomic E-state index is 12.0. The molecule has 5 heteroatoms. The normalized spacial score (nSPS) is 11.4. The summed E-state index contributed by atoms with van der Waals surface area (Å²) in [5, 5.41) is 0. The molecule has 0 spiro atoms. The van der Waals surface area contributed by atoms with Crippen molar-refractivity contribution >= 4 is 22.6 Å². The summed E-state index contributed by atoms with van der Waals surface area (Å²) in [5.74, 6) is -0.461. The van der Waals surface area contributed by atoms with E-state index in [-0.39, 0.29) is 5.56 Å². The van der Waals surface area contributed by atoms with Crippen molar-refractivity contribution < 1.29 is 9.53 Å². The largest absolute Gasteiger partial charge is 0.465 e. The zero-order chi connectivity index (χ0) is 14.7. The fraction of sp³-hybridized carbons (Fsp3) is 0.133. The minimum Gasteiger partial charge on any atom is -0.465 e. The van der Waals surface area contributed by atoms with Crippen LogP contribution in [0.15, 0.2) is 41.7 Å². The Morgan fingerprint density at radius 1 is 1.45 bits per heavy atom. The quantitative estimate of drug-likeness (QED) is 0.686. The molecular formula is C15H14N2O3. The van der Waals surface area contributed by atoms with Crippen molar-refractivity contribution in [3.63, 3.8) is 0 Å². The van der Waals surface area contributed by atoms with Crippen LogP contribution in [0.4, 0.5) is 0 Å². The first-order chi connectivity index (χ1) is 9.60. The van der Waals surface area contributed by atoms with Crippen molar-refractivity contribution in [3.05, 3.63) is 58.5 Å². The molecule has 0 fully saturated rings. The molecule has 0 unspecified atom stereocenters. The van der Waals surface area contributed by atoms with Crippen LogP contribution in [0.2, 0.25) is 0 Å². The van der Waals surface area contributed by atoms with Crippen molar-refractivity contribution in [1.29, 1.82) is 0 Å². The molecule has 0 saturated heterocycles. The summed E-state index contributed by atoms with van der Waals surface area (Å²) in [6.45, 7) is 5.46. The summed E-state index contributed by atoms with van der Waals surface area (Å²) in [6.07, 6.45) is 3.34. The summed E-state index contributed by atoms with van der Waals surface area (Å²) in [6, 6.07) is 4.81. The average Bonchev–Trinajstić information content (AvgIpc) is 2.47. The van der Waals surface area contributed by atoms with Gasteiger partial charge >= 0.3 is 5.97 Å². The number of carbonyl (C=O) groups is 1. The van der Waals surface area contributed by atoms with Crippen LogP contribution in [0.1, 0.15) is 23.0 Å². The molecule has 1 aromatic carbocycles. The maximum Gasteiger partial charge on any atom is 0.337 e. The third-order valence-corrected chi connectivity index (χ3v) is 2.92. The lowest BCUT2D eigenvalue weighted by Gasteiger charge is -2.04. The highest BCUT2D eigenvalue weighted by atomic mass is 16.5. The number of allylic oxidation sites excluding steroid dienone is 3. The minimum absolute atomic E-state index is 0.306. The highest BCUT2D eigenvalue weighted by molar-refractivity contribution is 5.93. The van der Waals surface area contributed by atoms with E-state index >= 15 is 0 Å². The first-order valence-electron chi connectivity index (χ1n) is 6.02. The number of fused-ring (bicyclic) bond motifs is 1. The molecule has 0 radical (unpaired) electrons. The number of H-pyrrole nitrogens is 1. The van der Waals surface area contributed by atoms with E-state index < -0.39 is 5.97 Å². The SMILES string of the molecule is C=C/C(=C\C)c1nc2ccc(C(=O)OC)cc2[nH]c1=O. The van der Waals surface area contributed by atoms with E-state index in [1.807, 2.05) is 6.92 Å². The molecule has 1 heterocycles. The number of carbonyl (C=O) groups excluding carboxylic acids is 1. The van der Waals surface area contributed by atoms with Gasteiger partial charge in [-0.3, -0.25) is 4.79 Å². The van der Waals surface area contributed by atoms with Gasteiger partial charge in [0.25, 0.3) is 5.56 Å². The summed E-state index contributed by atoms with van der Waals surface area (Å²) in [5.41, 5.74) is 2.08. The van der Waals surface area contributed by atoms with E-state index in [1.54, 1.807) is 30.4 Å². The van der Waals surface area contributed by atoms with E-state index in [0.29, 0.717) is 27.9 Å². The zero-order valence-corrected chi connectivity index (χ0v) is 11.3. The predicted molar refractivity (Wildman–Crippen MR) is 77.6 cm³/mol. The molecule has 1 N–H and O–H groups in total. The minimum atomic E-state index is -0.461. The Morgan fingerprint density at radius 3 is 2.80 bits per heavy atom. The van der Waals surface area contributed by atoms with Crippen molar-refractivity contribution in [3.8, 4) is 0 Å². The molecule has 2 rings (SSSR count). The van der Waals surface area contributed by atoms with E-state index in [9.17, 15) is 9.59 Å². The van der Waals surface area contributed by atoms with Crippen LogP contribution in [0.3, 0.4) is 0 Å². The van der Waals surface area contributed by atoms with Crippen LogP contribution >= 0.6 is 0 Å². The van der Waals surface area contributed by atoms with E-state index in [2.05, 4.69) is 21.3 Å². The van der Waals surface area contributed by atoms with Crippen LogP contribution in [-0.4, -0.2) is 23.0 Å². The monoisotopic (exact) mass is 270 g/mol. The van der Waals surface area contributed by atoms with Gasteiger partial charge in [-0.15, -0.1) is 0 Å². The molecule has 0 atom stereocenters. The first-order valence-corrected chi connectivity index (χ1v) is 6.02. The van der Waals surface area contributed by atoms with Crippen LogP contribution in [0.25, 0.3) is 16.6 Å². The number of hydrogen-bond donors (Lipinski definition) is 1. The fourth-order valence-electron chi connectivity index (χ4n) is 1.88. The molecule has 0 saturated carbocycles. The van der Waals surface area contributed by atoms with Crippen molar-refractivity contribution in [2.75, 3.05) is 7.11 Å². The van der Waals surface area contributed by atoms with Gasteiger partial charge in [0.2, 0.25) is 0 Å². The van der Waals surface area contributed by atoms with Gasteiger partial charge < -0.3 is 9.72 Å². The average molecular weight is 270 g/mol. The molecule has 0 bridgehead atoms. The second kappa shape index (κ2) is 5.52. The topological polar surface area (TPSA) is 72.0 Å². The van der Waals surface area contributed by atoms with Gasteiger partial charge in [0, 0.05) is 5.57 Å². The first kappa shape index (κ1) is 13.7. The number of rotatable bonds is 3. The van der Waals surface area contributed by atoms with Crippen LogP contribution in [0, 0.1) is 0 Å².